The van der Waals surface area contributed by atoms with Crippen LogP contribution in [-0.2, 0) is 4.79 Å². The highest BCUT2D eigenvalue weighted by Crippen LogP contribution is 2.27. The van der Waals surface area contributed by atoms with Crippen molar-refractivity contribution in [3.8, 4) is 0 Å². The first kappa shape index (κ1) is 12.2. The molecule has 2 amide bonds. The second kappa shape index (κ2) is 5.27. The van der Waals surface area contributed by atoms with E-state index in [0.29, 0.717) is 4.88 Å². The number of carbonyl (C=O) groups excluding carboxylic acids is 2. The first-order chi connectivity index (χ1) is 7.00. The van der Waals surface area contributed by atoms with Crippen LogP contribution in [0.25, 0.3) is 0 Å². The number of aryl methyl sites for hydroxylation is 1. The topological polar surface area (TPSA) is 72.2 Å². The molecule has 1 aromatic heterocycles. The van der Waals surface area contributed by atoms with Crippen molar-refractivity contribution in [1.29, 1.82) is 0 Å². The van der Waals surface area contributed by atoms with Crippen molar-refractivity contribution in [3.63, 3.8) is 0 Å². The van der Waals surface area contributed by atoms with Gasteiger partial charge in [-0.15, -0.1) is 11.3 Å². The number of carbonyl (C=O) groups is 2. The van der Waals surface area contributed by atoms with Crippen LogP contribution in [0.3, 0.4) is 0 Å². The van der Waals surface area contributed by atoms with E-state index in [1.165, 1.54) is 11.3 Å². The zero-order chi connectivity index (χ0) is 11.4. The summed E-state index contributed by atoms with van der Waals surface area (Å²) in [6.07, 6.45) is 0.164. The molecule has 1 rings (SSSR count). The third-order valence-corrected chi connectivity index (χ3v) is 3.87. The van der Waals surface area contributed by atoms with Crippen molar-refractivity contribution in [2.45, 2.75) is 13.3 Å². The van der Waals surface area contributed by atoms with Gasteiger partial charge >= 0.3 is 0 Å². The molecule has 1 aromatic rings. The van der Waals surface area contributed by atoms with E-state index < -0.39 is 5.91 Å². The highest BCUT2D eigenvalue weighted by atomic mass is 79.9. The summed E-state index contributed by atoms with van der Waals surface area (Å²) in [5.74, 6) is -0.589. The Balaban J connectivity index is 2.50. The number of primary amides is 1. The number of nitrogens with two attached hydrogens (primary N) is 1. The van der Waals surface area contributed by atoms with E-state index in [9.17, 15) is 9.59 Å². The van der Waals surface area contributed by atoms with Crippen LogP contribution in [0.15, 0.2) is 9.85 Å². The van der Waals surface area contributed by atoms with Gasteiger partial charge in [-0.2, -0.15) is 0 Å². The fraction of sp³-hybridized carbons (Fsp3) is 0.333. The van der Waals surface area contributed by atoms with Crippen molar-refractivity contribution < 1.29 is 9.59 Å². The summed E-state index contributed by atoms with van der Waals surface area (Å²) in [6.45, 7) is 2.20. The first-order valence-corrected chi connectivity index (χ1v) is 5.94. The Bertz CT molecular complexity index is 370. The minimum atomic E-state index is -0.418. The molecule has 82 valence electrons. The van der Waals surface area contributed by atoms with Gasteiger partial charge in [0.1, 0.15) is 0 Å². The van der Waals surface area contributed by atoms with Gasteiger partial charge in [0.2, 0.25) is 5.91 Å². The standard InChI is InChI=1S/C9H11BrN2O2S/c1-5-4-6(15-8(5)10)9(14)12-3-2-7(11)13/h4H,2-3H2,1H3,(H2,11,13)(H,12,14). The molecule has 0 radical (unpaired) electrons. The molecular weight excluding hydrogens is 280 g/mol. The zero-order valence-electron chi connectivity index (χ0n) is 8.17. The molecule has 3 N–H and O–H groups in total. The Hall–Kier alpha value is -0.880. The molecule has 4 nitrogen and oxygen atoms in total. The van der Waals surface area contributed by atoms with Gasteiger partial charge in [-0.25, -0.2) is 0 Å². The van der Waals surface area contributed by atoms with Crippen LogP contribution in [0.1, 0.15) is 21.7 Å². The predicted molar refractivity (Wildman–Crippen MR) is 62.9 cm³/mol. The van der Waals surface area contributed by atoms with E-state index in [4.69, 9.17) is 5.73 Å². The van der Waals surface area contributed by atoms with Gasteiger partial charge < -0.3 is 11.1 Å². The van der Waals surface area contributed by atoms with Gasteiger partial charge in [-0.05, 0) is 34.5 Å². The molecule has 15 heavy (non-hydrogen) atoms. The lowest BCUT2D eigenvalue weighted by molar-refractivity contribution is -0.117. The lowest BCUT2D eigenvalue weighted by Crippen LogP contribution is -2.27. The molecule has 0 aliphatic carbocycles. The summed E-state index contributed by atoms with van der Waals surface area (Å²) in [6, 6.07) is 1.80. The molecule has 0 spiro atoms. The molecule has 0 aliphatic heterocycles. The average Bonchev–Trinajstić information content (AvgIpc) is 2.46. The Labute approximate surface area is 100.0 Å². The van der Waals surface area contributed by atoms with Crippen LogP contribution < -0.4 is 11.1 Å². The molecule has 0 aliphatic rings. The Morgan fingerprint density at radius 1 is 1.60 bits per heavy atom. The molecule has 0 aromatic carbocycles. The largest absolute Gasteiger partial charge is 0.370 e. The maximum absolute atomic E-state index is 11.5. The molecule has 6 heteroatoms. The molecule has 0 saturated carbocycles. The fourth-order valence-electron chi connectivity index (χ4n) is 0.958. The zero-order valence-corrected chi connectivity index (χ0v) is 10.6. The molecule has 0 atom stereocenters. The van der Waals surface area contributed by atoms with Gasteiger partial charge in [-0.3, -0.25) is 9.59 Å². The molecule has 0 unspecified atom stereocenters. The number of hydrogen-bond acceptors (Lipinski definition) is 3. The minimum absolute atomic E-state index is 0.164. The van der Waals surface area contributed by atoms with E-state index in [0.717, 1.165) is 9.35 Å². The Morgan fingerprint density at radius 2 is 2.27 bits per heavy atom. The summed E-state index contributed by atoms with van der Waals surface area (Å²) < 4.78 is 0.947. The highest BCUT2D eigenvalue weighted by molar-refractivity contribution is 9.11. The van der Waals surface area contributed by atoms with Crippen LogP contribution in [-0.4, -0.2) is 18.4 Å². The highest BCUT2D eigenvalue weighted by Gasteiger charge is 2.10. The summed E-state index contributed by atoms with van der Waals surface area (Å²) in [4.78, 5) is 22.6. The summed E-state index contributed by atoms with van der Waals surface area (Å²) >= 11 is 4.71. The summed E-state index contributed by atoms with van der Waals surface area (Å²) in [5.41, 5.74) is 5.98. The number of halogens is 1. The van der Waals surface area contributed by atoms with Crippen LogP contribution in [0.2, 0.25) is 0 Å². The van der Waals surface area contributed by atoms with Gasteiger partial charge in [0, 0.05) is 13.0 Å². The molecular formula is C9H11BrN2O2S. The molecule has 0 saturated heterocycles. The van der Waals surface area contributed by atoms with E-state index in [1.807, 2.05) is 6.92 Å². The van der Waals surface area contributed by atoms with Crippen molar-refractivity contribution in [3.05, 3.63) is 20.3 Å². The van der Waals surface area contributed by atoms with Crippen LogP contribution in [0.5, 0.6) is 0 Å². The molecule has 0 bridgehead atoms. The maximum Gasteiger partial charge on any atom is 0.261 e. The monoisotopic (exact) mass is 290 g/mol. The molecule has 1 heterocycles. The van der Waals surface area contributed by atoms with E-state index in [2.05, 4.69) is 21.2 Å². The van der Waals surface area contributed by atoms with Crippen molar-refractivity contribution in [1.82, 2.24) is 5.32 Å². The van der Waals surface area contributed by atoms with Crippen LogP contribution >= 0.6 is 27.3 Å². The fourth-order valence-corrected chi connectivity index (χ4v) is 2.41. The van der Waals surface area contributed by atoms with Crippen molar-refractivity contribution >= 4 is 39.1 Å². The lowest BCUT2D eigenvalue weighted by atomic mass is 10.3. The quantitative estimate of drug-likeness (QED) is 0.880. The van der Waals surface area contributed by atoms with E-state index in [-0.39, 0.29) is 18.9 Å². The Morgan fingerprint density at radius 3 is 2.73 bits per heavy atom. The summed E-state index contributed by atoms with van der Waals surface area (Å²) in [5, 5.41) is 2.62. The van der Waals surface area contributed by atoms with Crippen LogP contribution in [0, 0.1) is 6.92 Å². The van der Waals surface area contributed by atoms with E-state index in [1.54, 1.807) is 6.07 Å². The average molecular weight is 291 g/mol. The predicted octanol–water partition coefficient (Wildman–Crippen LogP) is 1.42. The first-order valence-electron chi connectivity index (χ1n) is 4.33. The van der Waals surface area contributed by atoms with Crippen molar-refractivity contribution in [2.24, 2.45) is 5.73 Å². The Kier molecular flexibility index (Phi) is 4.28. The minimum Gasteiger partial charge on any atom is -0.370 e. The van der Waals surface area contributed by atoms with Crippen LogP contribution in [0.4, 0.5) is 0 Å². The number of amides is 2. The second-order valence-corrected chi connectivity index (χ2v) is 5.41. The number of rotatable bonds is 4. The van der Waals surface area contributed by atoms with Crippen molar-refractivity contribution in [2.75, 3.05) is 6.54 Å². The van der Waals surface area contributed by atoms with Gasteiger partial charge in [0.25, 0.3) is 5.91 Å². The molecule has 0 fully saturated rings. The summed E-state index contributed by atoms with van der Waals surface area (Å²) in [7, 11) is 0. The normalized spacial score (nSPS) is 10.0. The number of hydrogen-bond donors (Lipinski definition) is 2. The lowest BCUT2D eigenvalue weighted by Gasteiger charge is -2.00. The van der Waals surface area contributed by atoms with Gasteiger partial charge in [-0.1, -0.05) is 0 Å². The number of nitrogens with one attached hydrogen (secondary N) is 1. The van der Waals surface area contributed by atoms with Gasteiger partial charge in [0.05, 0.1) is 8.66 Å². The second-order valence-electron chi connectivity index (χ2n) is 3.04. The maximum atomic E-state index is 11.5. The SMILES string of the molecule is Cc1cc(C(=O)NCCC(N)=O)sc1Br. The smallest absolute Gasteiger partial charge is 0.261 e. The van der Waals surface area contributed by atoms with Gasteiger partial charge in [0.15, 0.2) is 0 Å². The number of thiophene rings is 1. The van der Waals surface area contributed by atoms with E-state index >= 15 is 0 Å². The third kappa shape index (κ3) is 3.64. The third-order valence-electron chi connectivity index (χ3n) is 1.74.